The number of aryl methyl sites for hydroxylation is 1. The molecule has 4 rings (SSSR count). The molecule has 0 spiro atoms. The van der Waals surface area contributed by atoms with Crippen LogP contribution in [0.3, 0.4) is 0 Å². The molecule has 0 fully saturated rings. The molecule has 0 aliphatic carbocycles. The van der Waals surface area contributed by atoms with Crippen molar-refractivity contribution >= 4 is 12.1 Å². The number of hydrazone groups is 1. The quantitative estimate of drug-likeness (QED) is 0.343. The monoisotopic (exact) mass is 411 g/mol. The molecule has 1 aromatic heterocycles. The molecule has 0 aliphatic heterocycles. The Hall–Kier alpha value is -4.19. The lowest BCUT2D eigenvalue weighted by molar-refractivity contribution is 0.0954. The lowest BCUT2D eigenvalue weighted by Gasteiger charge is -2.06. The second-order valence-electron chi connectivity index (χ2n) is 6.87. The highest BCUT2D eigenvalue weighted by atomic mass is 16.5. The Labute approximate surface area is 180 Å². The zero-order valence-corrected chi connectivity index (χ0v) is 17.0. The van der Waals surface area contributed by atoms with Gasteiger partial charge in [0.15, 0.2) is 0 Å². The first-order valence-electron chi connectivity index (χ1n) is 9.82. The molecule has 0 aliphatic rings. The predicted octanol–water partition coefficient (Wildman–Crippen LogP) is 4.99. The van der Waals surface area contributed by atoms with Crippen LogP contribution in [0.25, 0.3) is 11.3 Å². The molecule has 0 bridgehead atoms. The van der Waals surface area contributed by atoms with Crippen molar-refractivity contribution in [2.24, 2.45) is 5.10 Å². The van der Waals surface area contributed by atoms with E-state index in [9.17, 15) is 4.79 Å². The van der Waals surface area contributed by atoms with Gasteiger partial charge in [-0.15, -0.1) is 0 Å². The van der Waals surface area contributed by atoms with Gasteiger partial charge in [-0.1, -0.05) is 78.0 Å². The molecule has 0 unspecified atom stereocenters. The van der Waals surface area contributed by atoms with Crippen LogP contribution in [0.2, 0.25) is 0 Å². The molecular formula is C25H21N3O3. The lowest BCUT2D eigenvalue weighted by atomic mass is 10.1. The van der Waals surface area contributed by atoms with Crippen LogP contribution in [0.4, 0.5) is 0 Å². The molecule has 3 aromatic carbocycles. The third-order valence-electron chi connectivity index (χ3n) is 4.62. The van der Waals surface area contributed by atoms with Gasteiger partial charge in [0.05, 0.1) is 6.21 Å². The van der Waals surface area contributed by atoms with Gasteiger partial charge >= 0.3 is 0 Å². The fourth-order valence-corrected chi connectivity index (χ4v) is 3.08. The maximum absolute atomic E-state index is 12.7. The highest BCUT2D eigenvalue weighted by Crippen LogP contribution is 2.24. The van der Waals surface area contributed by atoms with Gasteiger partial charge in [-0.05, 0) is 30.2 Å². The van der Waals surface area contributed by atoms with E-state index in [1.165, 1.54) is 0 Å². The van der Waals surface area contributed by atoms with Crippen LogP contribution >= 0.6 is 0 Å². The molecule has 4 aromatic rings. The number of rotatable bonds is 7. The van der Waals surface area contributed by atoms with E-state index in [0.717, 1.165) is 22.4 Å². The van der Waals surface area contributed by atoms with Gasteiger partial charge < -0.3 is 9.26 Å². The Kier molecular flexibility index (Phi) is 6.18. The van der Waals surface area contributed by atoms with E-state index in [-0.39, 0.29) is 5.91 Å². The van der Waals surface area contributed by atoms with Crippen LogP contribution in [-0.2, 0) is 6.61 Å². The third-order valence-corrected chi connectivity index (χ3v) is 4.62. The minimum atomic E-state index is -0.384. The Morgan fingerprint density at radius 2 is 1.77 bits per heavy atom. The number of amides is 1. The Bertz CT molecular complexity index is 1190. The second-order valence-corrected chi connectivity index (χ2v) is 6.87. The summed E-state index contributed by atoms with van der Waals surface area (Å²) in [7, 11) is 0. The highest BCUT2D eigenvalue weighted by molar-refractivity contribution is 6.01. The standard InChI is InChI=1S/C25H21N3O3/c1-18-23(24(28-31-18)21-12-6-3-7-13-21)25(29)27-26-16-20-11-8-14-22(15-20)30-17-19-9-4-2-5-10-19/h2-16H,17H2,1H3,(H,27,29)/b26-16-. The number of carbonyl (C=O) groups excluding carboxylic acids is 1. The summed E-state index contributed by atoms with van der Waals surface area (Å²) >= 11 is 0. The Balaban J connectivity index is 1.41. The number of benzene rings is 3. The van der Waals surface area contributed by atoms with Crippen molar-refractivity contribution in [3.8, 4) is 17.0 Å². The molecule has 31 heavy (non-hydrogen) atoms. The normalized spacial score (nSPS) is 10.9. The smallest absolute Gasteiger partial charge is 0.277 e. The number of ether oxygens (including phenoxy) is 1. The first kappa shape index (κ1) is 20.1. The molecule has 0 atom stereocenters. The predicted molar refractivity (Wildman–Crippen MR) is 119 cm³/mol. The van der Waals surface area contributed by atoms with Gasteiger partial charge in [-0.25, -0.2) is 5.43 Å². The molecule has 1 N–H and O–H groups in total. The topological polar surface area (TPSA) is 76.7 Å². The summed E-state index contributed by atoms with van der Waals surface area (Å²) in [6.07, 6.45) is 1.57. The van der Waals surface area contributed by atoms with Crippen LogP contribution in [0.5, 0.6) is 5.75 Å². The van der Waals surface area contributed by atoms with Crippen LogP contribution < -0.4 is 10.2 Å². The van der Waals surface area contributed by atoms with Crippen molar-refractivity contribution in [1.82, 2.24) is 10.6 Å². The van der Waals surface area contributed by atoms with Crippen LogP contribution in [-0.4, -0.2) is 17.3 Å². The van der Waals surface area contributed by atoms with Crippen LogP contribution in [0, 0.1) is 6.92 Å². The molecule has 1 heterocycles. The van der Waals surface area contributed by atoms with E-state index >= 15 is 0 Å². The maximum atomic E-state index is 12.7. The number of nitrogens with one attached hydrogen (secondary N) is 1. The largest absolute Gasteiger partial charge is 0.489 e. The molecule has 0 saturated carbocycles. The Morgan fingerprint density at radius 3 is 2.55 bits per heavy atom. The molecule has 0 saturated heterocycles. The van der Waals surface area contributed by atoms with Crippen molar-refractivity contribution in [2.45, 2.75) is 13.5 Å². The highest BCUT2D eigenvalue weighted by Gasteiger charge is 2.21. The van der Waals surface area contributed by atoms with Crippen LogP contribution in [0.1, 0.15) is 27.2 Å². The van der Waals surface area contributed by atoms with Crippen molar-refractivity contribution in [3.63, 3.8) is 0 Å². The molecular weight excluding hydrogens is 390 g/mol. The van der Waals surface area contributed by atoms with E-state index in [4.69, 9.17) is 9.26 Å². The van der Waals surface area contributed by atoms with Gasteiger partial charge in [0.2, 0.25) is 0 Å². The summed E-state index contributed by atoms with van der Waals surface area (Å²) in [6.45, 7) is 2.18. The summed E-state index contributed by atoms with van der Waals surface area (Å²) < 4.78 is 11.1. The molecule has 0 radical (unpaired) electrons. The van der Waals surface area contributed by atoms with Crippen molar-refractivity contribution in [3.05, 3.63) is 107 Å². The average Bonchev–Trinajstić information content (AvgIpc) is 3.21. The molecule has 154 valence electrons. The zero-order chi connectivity index (χ0) is 21.5. The number of nitrogens with zero attached hydrogens (tertiary/aromatic N) is 2. The third kappa shape index (κ3) is 5.05. The minimum Gasteiger partial charge on any atom is -0.489 e. The summed E-state index contributed by atoms with van der Waals surface area (Å²) in [5, 5.41) is 8.11. The van der Waals surface area contributed by atoms with Crippen molar-refractivity contribution < 1.29 is 14.1 Å². The van der Waals surface area contributed by atoms with E-state index in [1.807, 2.05) is 84.9 Å². The van der Waals surface area contributed by atoms with Gasteiger partial charge in [0.25, 0.3) is 5.91 Å². The summed E-state index contributed by atoms with van der Waals surface area (Å²) in [5.41, 5.74) is 6.10. The number of carbonyl (C=O) groups is 1. The second kappa shape index (κ2) is 9.54. The average molecular weight is 411 g/mol. The van der Waals surface area contributed by atoms with E-state index < -0.39 is 0 Å². The van der Waals surface area contributed by atoms with Gasteiger partial charge in [0, 0.05) is 5.56 Å². The van der Waals surface area contributed by atoms with Gasteiger partial charge in [-0.2, -0.15) is 5.10 Å². The van der Waals surface area contributed by atoms with Crippen LogP contribution in [0.15, 0.2) is 94.6 Å². The zero-order valence-electron chi connectivity index (χ0n) is 17.0. The SMILES string of the molecule is Cc1onc(-c2ccccc2)c1C(=O)N/N=C\c1cccc(OCc2ccccc2)c1. The van der Waals surface area contributed by atoms with Gasteiger partial charge in [0.1, 0.15) is 29.4 Å². The Morgan fingerprint density at radius 1 is 1.03 bits per heavy atom. The summed E-state index contributed by atoms with van der Waals surface area (Å²) in [5.74, 6) is 0.772. The summed E-state index contributed by atoms with van der Waals surface area (Å²) in [6, 6.07) is 26.9. The number of hydrogen-bond acceptors (Lipinski definition) is 5. The first-order chi connectivity index (χ1) is 15.2. The number of hydrogen-bond donors (Lipinski definition) is 1. The molecule has 6 nitrogen and oxygen atoms in total. The summed E-state index contributed by atoms with van der Waals surface area (Å²) in [4.78, 5) is 12.7. The van der Waals surface area contributed by atoms with Crippen molar-refractivity contribution in [1.29, 1.82) is 0 Å². The van der Waals surface area contributed by atoms with E-state index in [1.54, 1.807) is 13.1 Å². The van der Waals surface area contributed by atoms with E-state index in [0.29, 0.717) is 23.6 Å². The number of aromatic nitrogens is 1. The molecule has 6 heteroatoms. The van der Waals surface area contributed by atoms with Crippen molar-refractivity contribution in [2.75, 3.05) is 0 Å². The minimum absolute atomic E-state index is 0.364. The lowest BCUT2D eigenvalue weighted by Crippen LogP contribution is -2.18. The fourth-order valence-electron chi connectivity index (χ4n) is 3.08. The maximum Gasteiger partial charge on any atom is 0.277 e. The first-order valence-corrected chi connectivity index (χ1v) is 9.82. The fraction of sp³-hybridized carbons (Fsp3) is 0.0800. The van der Waals surface area contributed by atoms with Gasteiger partial charge in [-0.3, -0.25) is 4.79 Å². The molecule has 1 amide bonds. The van der Waals surface area contributed by atoms with E-state index in [2.05, 4.69) is 15.7 Å².